The summed E-state index contributed by atoms with van der Waals surface area (Å²) in [5.41, 5.74) is 1.26. The highest BCUT2D eigenvalue weighted by molar-refractivity contribution is 7.86. The summed E-state index contributed by atoms with van der Waals surface area (Å²) in [7, 11) is -4.40. The topological polar surface area (TPSA) is 83.5 Å². The fourth-order valence-corrected chi connectivity index (χ4v) is 2.41. The quantitative estimate of drug-likeness (QED) is 0.851. The first kappa shape index (κ1) is 15.0. The number of nitrogens with one attached hydrogen (secondary N) is 1. The number of para-hydroxylation sites is 1. The Morgan fingerprint density at radius 1 is 1.10 bits per heavy atom. The van der Waals surface area contributed by atoms with Gasteiger partial charge in [-0.05, 0) is 29.8 Å². The molecule has 1 amide bonds. The molecule has 2 N–H and O–H groups in total. The number of amides is 1. The van der Waals surface area contributed by atoms with Crippen LogP contribution in [0.15, 0.2) is 60.0 Å². The Bertz CT molecular complexity index is 780. The molecule has 0 aliphatic heterocycles. The monoisotopic (exact) mass is 303 g/mol. The molecule has 0 unspecified atom stereocenters. The van der Waals surface area contributed by atoms with Crippen molar-refractivity contribution in [2.45, 2.75) is 4.90 Å². The Morgan fingerprint density at radius 2 is 1.71 bits per heavy atom. The molecule has 0 bridgehead atoms. The average molecular weight is 303 g/mol. The highest BCUT2D eigenvalue weighted by Gasteiger charge is 2.16. The van der Waals surface area contributed by atoms with Crippen LogP contribution >= 0.6 is 0 Å². The molecule has 2 rings (SSSR count). The van der Waals surface area contributed by atoms with Crippen LogP contribution < -0.4 is 5.32 Å². The zero-order valence-electron chi connectivity index (χ0n) is 11.0. The van der Waals surface area contributed by atoms with E-state index in [0.717, 1.165) is 5.56 Å². The fraction of sp³-hybridized carbons (Fsp3) is 0. The molecule has 0 aliphatic carbocycles. The number of rotatable bonds is 4. The highest BCUT2D eigenvalue weighted by atomic mass is 32.2. The zero-order chi connectivity index (χ0) is 15.5. The summed E-state index contributed by atoms with van der Waals surface area (Å²) in [6.45, 7) is 3.62. The molecule has 2 aromatic rings. The summed E-state index contributed by atoms with van der Waals surface area (Å²) < 4.78 is 31.6. The lowest BCUT2D eigenvalue weighted by Gasteiger charge is -2.09. The van der Waals surface area contributed by atoms with Gasteiger partial charge in [-0.2, -0.15) is 8.42 Å². The van der Waals surface area contributed by atoms with Gasteiger partial charge in [-0.15, -0.1) is 0 Å². The number of hydrogen-bond donors (Lipinski definition) is 2. The van der Waals surface area contributed by atoms with Gasteiger partial charge in [-0.1, -0.05) is 36.9 Å². The van der Waals surface area contributed by atoms with Crippen LogP contribution in [0.25, 0.3) is 6.08 Å². The van der Waals surface area contributed by atoms with Gasteiger partial charge in [-0.3, -0.25) is 9.35 Å². The van der Waals surface area contributed by atoms with E-state index < -0.39 is 16.0 Å². The predicted octanol–water partition coefficient (Wildman–Crippen LogP) is 2.83. The first-order chi connectivity index (χ1) is 9.91. The maximum Gasteiger partial charge on any atom is 0.296 e. The van der Waals surface area contributed by atoms with Gasteiger partial charge in [-0.25, -0.2) is 0 Å². The Kier molecular flexibility index (Phi) is 4.21. The number of carbonyl (C=O) groups excluding carboxylic acids is 1. The maximum absolute atomic E-state index is 12.1. The number of anilines is 1. The second kappa shape index (κ2) is 5.90. The molecule has 0 saturated heterocycles. The number of carbonyl (C=O) groups is 1. The summed E-state index contributed by atoms with van der Waals surface area (Å²) in [4.78, 5) is 11.7. The van der Waals surface area contributed by atoms with E-state index in [1.807, 2.05) is 0 Å². The SMILES string of the molecule is C=Cc1ccc(C(=O)Nc2ccccc2S(=O)(=O)O)cc1. The summed E-state index contributed by atoms with van der Waals surface area (Å²) in [5.74, 6) is -0.471. The van der Waals surface area contributed by atoms with E-state index in [2.05, 4.69) is 11.9 Å². The van der Waals surface area contributed by atoms with Crippen molar-refractivity contribution in [2.24, 2.45) is 0 Å². The van der Waals surface area contributed by atoms with E-state index in [-0.39, 0.29) is 10.6 Å². The maximum atomic E-state index is 12.1. The molecule has 0 radical (unpaired) electrons. The van der Waals surface area contributed by atoms with E-state index in [9.17, 15) is 13.2 Å². The van der Waals surface area contributed by atoms with Crippen LogP contribution in [0.4, 0.5) is 5.69 Å². The van der Waals surface area contributed by atoms with Crippen LogP contribution in [0, 0.1) is 0 Å². The Morgan fingerprint density at radius 3 is 2.29 bits per heavy atom. The minimum absolute atomic E-state index is 0.0257. The average Bonchev–Trinajstić information content (AvgIpc) is 2.47. The van der Waals surface area contributed by atoms with Crippen molar-refractivity contribution < 1.29 is 17.8 Å². The van der Waals surface area contributed by atoms with Gasteiger partial charge in [0.15, 0.2) is 0 Å². The standard InChI is InChI=1S/C15H13NO4S/c1-2-11-7-9-12(10-8-11)15(17)16-13-5-3-4-6-14(13)21(18,19)20/h2-10H,1H2,(H,16,17)(H,18,19,20). The van der Waals surface area contributed by atoms with Crippen LogP contribution in [0.1, 0.15) is 15.9 Å². The van der Waals surface area contributed by atoms with Gasteiger partial charge in [0.1, 0.15) is 4.90 Å². The van der Waals surface area contributed by atoms with E-state index in [0.29, 0.717) is 5.56 Å². The molecule has 0 saturated carbocycles. The first-order valence-electron chi connectivity index (χ1n) is 6.02. The summed E-state index contributed by atoms with van der Waals surface area (Å²) in [6, 6.07) is 12.3. The number of hydrogen-bond acceptors (Lipinski definition) is 3. The van der Waals surface area contributed by atoms with Gasteiger partial charge in [0.05, 0.1) is 5.69 Å². The lowest BCUT2D eigenvalue weighted by molar-refractivity contribution is 0.102. The van der Waals surface area contributed by atoms with Crippen molar-refractivity contribution in [3.05, 3.63) is 66.2 Å². The third-order valence-electron chi connectivity index (χ3n) is 2.82. The van der Waals surface area contributed by atoms with Crippen molar-refractivity contribution in [1.82, 2.24) is 0 Å². The molecule has 0 atom stereocenters. The van der Waals surface area contributed by atoms with Crippen molar-refractivity contribution >= 4 is 27.8 Å². The van der Waals surface area contributed by atoms with E-state index in [1.165, 1.54) is 18.2 Å². The molecule has 0 heterocycles. The molecule has 0 aliphatic rings. The number of benzene rings is 2. The van der Waals surface area contributed by atoms with Crippen LogP contribution in [-0.4, -0.2) is 18.9 Å². The minimum atomic E-state index is -4.40. The largest absolute Gasteiger partial charge is 0.321 e. The Balaban J connectivity index is 2.29. The molecule has 5 nitrogen and oxygen atoms in total. The third kappa shape index (κ3) is 3.56. The molecular formula is C15H13NO4S. The van der Waals surface area contributed by atoms with E-state index >= 15 is 0 Å². The van der Waals surface area contributed by atoms with E-state index in [4.69, 9.17) is 4.55 Å². The van der Waals surface area contributed by atoms with Crippen molar-refractivity contribution in [1.29, 1.82) is 0 Å². The van der Waals surface area contributed by atoms with Crippen LogP contribution in [-0.2, 0) is 10.1 Å². The Labute approximate surface area is 122 Å². The molecule has 6 heteroatoms. The predicted molar refractivity (Wildman–Crippen MR) is 80.7 cm³/mol. The van der Waals surface area contributed by atoms with Gasteiger partial charge in [0, 0.05) is 5.56 Å². The molecule has 0 fully saturated rings. The summed E-state index contributed by atoms with van der Waals surface area (Å²) in [5, 5.41) is 2.47. The molecular weight excluding hydrogens is 290 g/mol. The fourth-order valence-electron chi connectivity index (χ4n) is 1.76. The second-order valence-electron chi connectivity index (χ2n) is 4.25. The molecule has 0 aromatic heterocycles. The first-order valence-corrected chi connectivity index (χ1v) is 7.46. The van der Waals surface area contributed by atoms with Gasteiger partial charge in [0.2, 0.25) is 0 Å². The van der Waals surface area contributed by atoms with E-state index in [1.54, 1.807) is 36.4 Å². The van der Waals surface area contributed by atoms with Gasteiger partial charge in [0.25, 0.3) is 16.0 Å². The van der Waals surface area contributed by atoms with Crippen molar-refractivity contribution in [2.75, 3.05) is 5.32 Å². The Hall–Kier alpha value is -2.44. The summed E-state index contributed by atoms with van der Waals surface area (Å²) in [6.07, 6.45) is 1.65. The third-order valence-corrected chi connectivity index (χ3v) is 3.73. The molecule has 108 valence electrons. The normalized spacial score (nSPS) is 10.9. The highest BCUT2D eigenvalue weighted by Crippen LogP contribution is 2.21. The van der Waals surface area contributed by atoms with Crippen molar-refractivity contribution in [3.8, 4) is 0 Å². The molecule has 0 spiro atoms. The zero-order valence-corrected chi connectivity index (χ0v) is 11.8. The minimum Gasteiger partial charge on any atom is -0.321 e. The lowest BCUT2D eigenvalue weighted by atomic mass is 10.1. The van der Waals surface area contributed by atoms with Crippen LogP contribution in [0.2, 0.25) is 0 Å². The van der Waals surface area contributed by atoms with Crippen LogP contribution in [0.3, 0.4) is 0 Å². The smallest absolute Gasteiger partial charge is 0.296 e. The molecule has 2 aromatic carbocycles. The summed E-state index contributed by atoms with van der Waals surface area (Å²) >= 11 is 0. The molecule has 21 heavy (non-hydrogen) atoms. The van der Waals surface area contributed by atoms with Crippen molar-refractivity contribution in [3.63, 3.8) is 0 Å². The lowest BCUT2D eigenvalue weighted by Crippen LogP contribution is -2.14. The second-order valence-corrected chi connectivity index (χ2v) is 5.64. The van der Waals surface area contributed by atoms with Crippen LogP contribution in [0.5, 0.6) is 0 Å². The van der Waals surface area contributed by atoms with Gasteiger partial charge >= 0.3 is 0 Å². The van der Waals surface area contributed by atoms with Gasteiger partial charge < -0.3 is 5.32 Å².